The van der Waals surface area contributed by atoms with Gasteiger partial charge in [-0.25, -0.2) is 9.97 Å². The number of unbranched alkanes of at least 4 members (excludes halogenated alkanes) is 1. The molecule has 3 aromatic heterocycles. The number of aromatic nitrogens is 3. The molecule has 1 saturated heterocycles. The average molecular weight is 398 g/mol. The Morgan fingerprint density at radius 2 is 1.86 bits per heavy atom. The minimum atomic E-state index is 0.119. The van der Waals surface area contributed by atoms with Gasteiger partial charge in [-0.15, -0.1) is 0 Å². The van der Waals surface area contributed by atoms with E-state index in [0.29, 0.717) is 0 Å². The molecule has 1 fully saturated rings. The van der Waals surface area contributed by atoms with Crippen molar-refractivity contribution in [2.24, 2.45) is 0 Å². The fraction of sp³-hybridized carbons (Fsp3) is 0.476. The second-order valence-corrected chi connectivity index (χ2v) is 8.49. The Morgan fingerprint density at radius 1 is 1.07 bits per heavy atom. The van der Waals surface area contributed by atoms with E-state index in [1.807, 2.05) is 42.2 Å². The van der Waals surface area contributed by atoms with Gasteiger partial charge in [0, 0.05) is 44.6 Å². The maximum atomic E-state index is 12.6. The lowest BCUT2D eigenvalue weighted by atomic mass is 10.2. The Bertz CT molecular complexity index is 989. The largest absolute Gasteiger partial charge is 0.354 e. The standard InChI is InChI=1S/C21H27N5OS/c1-16-15-17(2)23-20-19(16)21(27)26(28-20)10-6-5-9-24-11-13-25(14-12-24)18-7-3-4-8-22-18/h3-4,7-8,15H,5-6,9-14H2,1-2H3. The number of piperazine rings is 1. The predicted octanol–water partition coefficient (Wildman–Crippen LogP) is 3.07. The van der Waals surface area contributed by atoms with E-state index in [1.165, 1.54) is 11.5 Å². The summed E-state index contributed by atoms with van der Waals surface area (Å²) in [5.74, 6) is 1.07. The molecule has 0 spiro atoms. The van der Waals surface area contributed by atoms with E-state index < -0.39 is 0 Å². The lowest BCUT2D eigenvalue weighted by molar-refractivity contribution is 0.251. The Hall–Kier alpha value is -2.25. The van der Waals surface area contributed by atoms with Crippen LogP contribution >= 0.6 is 11.5 Å². The molecule has 148 valence electrons. The van der Waals surface area contributed by atoms with Crippen molar-refractivity contribution in [3.05, 3.63) is 52.1 Å². The van der Waals surface area contributed by atoms with E-state index in [1.54, 1.807) is 0 Å². The maximum absolute atomic E-state index is 12.6. The van der Waals surface area contributed by atoms with Gasteiger partial charge < -0.3 is 4.90 Å². The van der Waals surface area contributed by atoms with Gasteiger partial charge in [0.1, 0.15) is 10.6 Å². The zero-order chi connectivity index (χ0) is 19.5. The SMILES string of the molecule is Cc1cc(C)c2c(=O)n(CCCCN3CCN(c4ccccn4)CC3)sc2n1. The minimum absolute atomic E-state index is 0.119. The van der Waals surface area contributed by atoms with Gasteiger partial charge in [-0.2, -0.15) is 0 Å². The Kier molecular flexibility index (Phi) is 5.73. The molecule has 0 atom stereocenters. The fourth-order valence-corrected chi connectivity index (χ4v) is 5.01. The number of hydrogen-bond donors (Lipinski definition) is 0. The number of aryl methyl sites for hydroxylation is 3. The van der Waals surface area contributed by atoms with Crippen LogP contribution in [0.4, 0.5) is 5.82 Å². The van der Waals surface area contributed by atoms with Crippen molar-refractivity contribution in [3.8, 4) is 0 Å². The van der Waals surface area contributed by atoms with Crippen LogP contribution in [-0.4, -0.2) is 51.5 Å². The molecular formula is C21H27N5OS. The lowest BCUT2D eigenvalue weighted by Crippen LogP contribution is -2.46. The van der Waals surface area contributed by atoms with Gasteiger partial charge in [-0.1, -0.05) is 6.07 Å². The summed E-state index contributed by atoms with van der Waals surface area (Å²) in [6.45, 7) is 10.0. The van der Waals surface area contributed by atoms with Crippen LogP contribution in [0, 0.1) is 13.8 Å². The quantitative estimate of drug-likeness (QED) is 0.599. The van der Waals surface area contributed by atoms with Gasteiger partial charge in [-0.05, 0) is 68.5 Å². The maximum Gasteiger partial charge on any atom is 0.270 e. The van der Waals surface area contributed by atoms with E-state index in [4.69, 9.17) is 0 Å². The van der Waals surface area contributed by atoms with Gasteiger partial charge in [0.15, 0.2) is 0 Å². The first-order valence-electron chi connectivity index (χ1n) is 9.98. The van der Waals surface area contributed by atoms with E-state index in [0.717, 1.165) is 79.4 Å². The van der Waals surface area contributed by atoms with Gasteiger partial charge >= 0.3 is 0 Å². The summed E-state index contributed by atoms with van der Waals surface area (Å²) in [6, 6.07) is 8.07. The summed E-state index contributed by atoms with van der Waals surface area (Å²) >= 11 is 1.50. The lowest BCUT2D eigenvalue weighted by Gasteiger charge is -2.35. The molecule has 3 aromatic rings. The van der Waals surface area contributed by atoms with E-state index in [-0.39, 0.29) is 5.56 Å². The minimum Gasteiger partial charge on any atom is -0.354 e. The van der Waals surface area contributed by atoms with Crippen molar-refractivity contribution in [3.63, 3.8) is 0 Å². The van der Waals surface area contributed by atoms with Crippen molar-refractivity contribution in [2.75, 3.05) is 37.6 Å². The highest BCUT2D eigenvalue weighted by molar-refractivity contribution is 7.13. The fourth-order valence-electron chi connectivity index (χ4n) is 3.88. The summed E-state index contributed by atoms with van der Waals surface area (Å²) in [6.07, 6.45) is 3.98. The van der Waals surface area contributed by atoms with Crippen molar-refractivity contribution in [1.82, 2.24) is 18.8 Å². The molecule has 0 aromatic carbocycles. The average Bonchev–Trinajstić information content (AvgIpc) is 3.02. The van der Waals surface area contributed by atoms with E-state index in [2.05, 4.69) is 25.8 Å². The van der Waals surface area contributed by atoms with Gasteiger partial charge in [0.2, 0.25) is 0 Å². The Labute approximate surface area is 169 Å². The first kappa shape index (κ1) is 19.1. The Balaban J connectivity index is 1.26. The van der Waals surface area contributed by atoms with Crippen LogP contribution < -0.4 is 10.5 Å². The van der Waals surface area contributed by atoms with Crippen LogP contribution in [0.2, 0.25) is 0 Å². The third-order valence-corrected chi connectivity index (χ3v) is 6.42. The number of fused-ring (bicyclic) bond motifs is 1. The number of rotatable bonds is 6. The van der Waals surface area contributed by atoms with Crippen LogP contribution in [0.3, 0.4) is 0 Å². The van der Waals surface area contributed by atoms with Crippen LogP contribution in [0.5, 0.6) is 0 Å². The summed E-state index contributed by atoms with van der Waals surface area (Å²) < 4.78 is 1.88. The number of hydrogen-bond acceptors (Lipinski definition) is 6. The van der Waals surface area contributed by atoms with Gasteiger partial charge in [-0.3, -0.25) is 13.7 Å². The molecule has 0 radical (unpaired) electrons. The highest BCUT2D eigenvalue weighted by atomic mass is 32.1. The molecule has 4 heterocycles. The zero-order valence-electron chi connectivity index (χ0n) is 16.6. The van der Waals surface area contributed by atoms with Gasteiger partial charge in [0.05, 0.1) is 5.39 Å². The monoisotopic (exact) mass is 397 g/mol. The first-order valence-corrected chi connectivity index (χ1v) is 10.8. The summed E-state index contributed by atoms with van der Waals surface area (Å²) in [4.78, 5) is 27.4. The molecule has 0 saturated carbocycles. The summed E-state index contributed by atoms with van der Waals surface area (Å²) in [5, 5.41) is 0.793. The molecule has 6 nitrogen and oxygen atoms in total. The topological polar surface area (TPSA) is 54.3 Å². The molecule has 1 aliphatic heterocycles. The molecule has 0 aliphatic carbocycles. The molecule has 0 unspecified atom stereocenters. The smallest absolute Gasteiger partial charge is 0.270 e. The van der Waals surface area contributed by atoms with Crippen LogP contribution in [0.25, 0.3) is 10.2 Å². The summed E-state index contributed by atoms with van der Waals surface area (Å²) in [5.41, 5.74) is 2.13. The Morgan fingerprint density at radius 3 is 2.61 bits per heavy atom. The molecule has 0 amide bonds. The van der Waals surface area contributed by atoms with Crippen molar-refractivity contribution in [1.29, 1.82) is 0 Å². The second kappa shape index (κ2) is 8.41. The number of pyridine rings is 2. The molecule has 4 rings (SSSR count). The third kappa shape index (κ3) is 4.10. The molecular weight excluding hydrogens is 370 g/mol. The predicted molar refractivity (Wildman–Crippen MR) is 115 cm³/mol. The number of nitrogens with zero attached hydrogens (tertiary/aromatic N) is 5. The van der Waals surface area contributed by atoms with E-state index in [9.17, 15) is 4.79 Å². The van der Waals surface area contributed by atoms with Crippen LogP contribution in [0.1, 0.15) is 24.1 Å². The highest BCUT2D eigenvalue weighted by Gasteiger charge is 2.17. The first-order chi connectivity index (χ1) is 13.6. The van der Waals surface area contributed by atoms with Crippen LogP contribution in [-0.2, 0) is 6.54 Å². The van der Waals surface area contributed by atoms with Crippen LogP contribution in [0.15, 0.2) is 35.3 Å². The molecule has 0 N–H and O–H groups in total. The van der Waals surface area contributed by atoms with Gasteiger partial charge in [0.25, 0.3) is 5.56 Å². The molecule has 1 aliphatic rings. The summed E-state index contributed by atoms with van der Waals surface area (Å²) in [7, 11) is 0. The molecule has 7 heteroatoms. The third-order valence-electron chi connectivity index (χ3n) is 5.38. The van der Waals surface area contributed by atoms with Crippen molar-refractivity contribution in [2.45, 2.75) is 33.2 Å². The van der Waals surface area contributed by atoms with E-state index >= 15 is 0 Å². The van der Waals surface area contributed by atoms with Crippen molar-refractivity contribution >= 4 is 27.6 Å². The van der Waals surface area contributed by atoms with Crippen molar-refractivity contribution < 1.29 is 0 Å². The normalized spacial score (nSPS) is 15.4. The zero-order valence-corrected chi connectivity index (χ0v) is 17.4. The molecule has 28 heavy (non-hydrogen) atoms. The highest BCUT2D eigenvalue weighted by Crippen LogP contribution is 2.19. The molecule has 0 bridgehead atoms. The number of anilines is 1. The second-order valence-electron chi connectivity index (χ2n) is 7.48.